The topological polar surface area (TPSA) is 74.8 Å². The molecule has 1 amide bonds. The number of methoxy groups -OCH3 is 1. The van der Waals surface area contributed by atoms with E-state index in [2.05, 4.69) is 39.1 Å². The number of rotatable bonds is 9. The van der Waals surface area contributed by atoms with Crippen LogP contribution >= 0.6 is 35.6 Å². The van der Waals surface area contributed by atoms with Crippen LogP contribution < -0.4 is 20.7 Å². The van der Waals surface area contributed by atoms with Crippen molar-refractivity contribution in [2.75, 3.05) is 33.3 Å². The third-order valence-electron chi connectivity index (χ3n) is 4.31. The molecule has 0 aliphatic heterocycles. The molecule has 8 heteroatoms. The number of benzene rings is 2. The summed E-state index contributed by atoms with van der Waals surface area (Å²) in [5.41, 5.74) is 2.77. The highest BCUT2D eigenvalue weighted by atomic mass is 127. The van der Waals surface area contributed by atoms with E-state index in [1.165, 1.54) is 5.56 Å². The average Bonchev–Trinajstić information content (AvgIpc) is 2.72. The van der Waals surface area contributed by atoms with Gasteiger partial charge < -0.3 is 20.7 Å². The Kier molecular flexibility index (Phi) is 12.2. The highest BCUT2D eigenvalue weighted by Gasteiger charge is 2.08. The second-order valence-corrected chi connectivity index (χ2v) is 6.88. The van der Waals surface area contributed by atoms with Gasteiger partial charge in [-0.05, 0) is 49.6 Å². The van der Waals surface area contributed by atoms with E-state index in [0.29, 0.717) is 30.2 Å². The van der Waals surface area contributed by atoms with Crippen LogP contribution in [0.2, 0.25) is 5.02 Å². The maximum atomic E-state index is 12.2. The number of aliphatic imine (C=N–C) groups is 1. The lowest BCUT2D eigenvalue weighted by molar-refractivity contribution is 0.0954. The number of aryl methyl sites for hydroxylation is 1. The van der Waals surface area contributed by atoms with Crippen LogP contribution in [0.4, 0.5) is 0 Å². The zero-order valence-corrected chi connectivity index (χ0v) is 20.7. The average molecular weight is 545 g/mol. The van der Waals surface area contributed by atoms with Crippen LogP contribution in [-0.4, -0.2) is 45.2 Å². The molecule has 0 spiro atoms. The Morgan fingerprint density at radius 3 is 2.53 bits per heavy atom. The van der Waals surface area contributed by atoms with Gasteiger partial charge in [0, 0.05) is 26.2 Å². The van der Waals surface area contributed by atoms with E-state index in [1.54, 1.807) is 31.4 Å². The summed E-state index contributed by atoms with van der Waals surface area (Å²) >= 11 is 6.05. The van der Waals surface area contributed by atoms with Crippen molar-refractivity contribution in [2.45, 2.75) is 20.3 Å². The highest BCUT2D eigenvalue weighted by Crippen LogP contribution is 2.19. The Bertz CT molecular complexity index is 846. The summed E-state index contributed by atoms with van der Waals surface area (Å²) < 4.78 is 5.37. The van der Waals surface area contributed by atoms with Crippen molar-refractivity contribution in [2.24, 2.45) is 4.99 Å². The smallest absolute Gasteiger partial charge is 0.252 e. The fourth-order valence-corrected chi connectivity index (χ4v) is 2.98. The van der Waals surface area contributed by atoms with E-state index in [4.69, 9.17) is 16.3 Å². The minimum Gasteiger partial charge on any atom is -0.496 e. The molecule has 0 aliphatic carbocycles. The molecule has 2 aromatic carbocycles. The van der Waals surface area contributed by atoms with Crippen LogP contribution in [-0.2, 0) is 6.42 Å². The second kappa shape index (κ2) is 14.1. The largest absolute Gasteiger partial charge is 0.496 e. The molecular weight excluding hydrogens is 515 g/mol. The van der Waals surface area contributed by atoms with Gasteiger partial charge in [-0.25, -0.2) is 0 Å². The summed E-state index contributed by atoms with van der Waals surface area (Å²) in [6, 6.07) is 13.2. The Morgan fingerprint density at radius 1 is 1.10 bits per heavy atom. The number of carbonyl (C=O) groups is 1. The zero-order valence-electron chi connectivity index (χ0n) is 17.6. The first-order chi connectivity index (χ1) is 14.0. The number of amides is 1. The summed E-state index contributed by atoms with van der Waals surface area (Å²) in [6.45, 7) is 6.47. The molecule has 0 aromatic heterocycles. The Balaban J connectivity index is 0.00000450. The van der Waals surface area contributed by atoms with Gasteiger partial charge >= 0.3 is 0 Å². The molecule has 0 unspecified atom stereocenters. The van der Waals surface area contributed by atoms with E-state index >= 15 is 0 Å². The van der Waals surface area contributed by atoms with Gasteiger partial charge in [0.1, 0.15) is 5.75 Å². The molecule has 164 valence electrons. The SMILES string of the molecule is CCNC(=NCCc1ccc(C)c(OC)c1)NCCNC(=O)c1ccccc1Cl.I. The fourth-order valence-electron chi connectivity index (χ4n) is 2.76. The maximum Gasteiger partial charge on any atom is 0.252 e. The standard InChI is InChI=1S/C22H29ClN4O2.HI/c1-4-24-22(26-12-11-17-10-9-16(2)20(15-17)29-3)27-14-13-25-21(28)18-7-5-6-8-19(18)23;/h5-10,15H,4,11-14H2,1-3H3,(H,25,28)(H2,24,26,27);1H. The predicted molar refractivity (Wildman–Crippen MR) is 135 cm³/mol. The first-order valence-corrected chi connectivity index (χ1v) is 10.1. The zero-order chi connectivity index (χ0) is 21.1. The Hall–Kier alpha value is -2.00. The van der Waals surface area contributed by atoms with E-state index in [-0.39, 0.29) is 29.9 Å². The van der Waals surface area contributed by atoms with Crippen molar-refractivity contribution >= 4 is 47.4 Å². The lowest BCUT2D eigenvalue weighted by Crippen LogP contribution is -2.41. The quantitative estimate of drug-likeness (QED) is 0.194. The number of halogens is 2. The maximum absolute atomic E-state index is 12.2. The molecule has 6 nitrogen and oxygen atoms in total. The van der Waals surface area contributed by atoms with Crippen LogP contribution in [0.5, 0.6) is 5.75 Å². The number of nitrogens with zero attached hydrogens (tertiary/aromatic N) is 1. The third kappa shape index (κ3) is 8.39. The Morgan fingerprint density at radius 2 is 1.83 bits per heavy atom. The molecule has 0 atom stereocenters. The minimum atomic E-state index is -0.187. The van der Waals surface area contributed by atoms with E-state index in [1.807, 2.05) is 13.8 Å². The van der Waals surface area contributed by atoms with Gasteiger partial charge in [-0.15, -0.1) is 24.0 Å². The number of carbonyl (C=O) groups excluding carboxylic acids is 1. The van der Waals surface area contributed by atoms with Crippen molar-refractivity contribution in [1.82, 2.24) is 16.0 Å². The van der Waals surface area contributed by atoms with Crippen molar-refractivity contribution < 1.29 is 9.53 Å². The molecule has 0 heterocycles. The molecule has 0 radical (unpaired) electrons. The molecule has 0 fully saturated rings. The van der Waals surface area contributed by atoms with Gasteiger partial charge in [0.05, 0.1) is 17.7 Å². The lowest BCUT2D eigenvalue weighted by Gasteiger charge is -2.12. The molecule has 2 rings (SSSR count). The molecule has 0 aliphatic rings. The Labute approximate surface area is 200 Å². The first-order valence-electron chi connectivity index (χ1n) is 9.73. The number of hydrogen-bond donors (Lipinski definition) is 3. The van der Waals surface area contributed by atoms with Gasteiger partial charge in [0.2, 0.25) is 0 Å². The van der Waals surface area contributed by atoms with E-state index in [9.17, 15) is 4.79 Å². The summed E-state index contributed by atoms with van der Waals surface area (Å²) in [5.74, 6) is 1.43. The summed E-state index contributed by atoms with van der Waals surface area (Å²) in [5, 5.41) is 9.74. The van der Waals surface area contributed by atoms with Crippen molar-refractivity contribution in [3.8, 4) is 5.75 Å². The number of ether oxygens (including phenoxy) is 1. The van der Waals surface area contributed by atoms with Crippen LogP contribution in [0.3, 0.4) is 0 Å². The van der Waals surface area contributed by atoms with E-state index in [0.717, 1.165) is 30.2 Å². The highest BCUT2D eigenvalue weighted by molar-refractivity contribution is 14.0. The van der Waals surface area contributed by atoms with Crippen molar-refractivity contribution in [1.29, 1.82) is 0 Å². The molecular formula is C22H30ClIN4O2. The molecule has 30 heavy (non-hydrogen) atoms. The number of nitrogens with one attached hydrogen (secondary N) is 3. The first kappa shape index (κ1) is 26.0. The van der Waals surface area contributed by atoms with Crippen molar-refractivity contribution in [3.63, 3.8) is 0 Å². The van der Waals surface area contributed by atoms with Gasteiger partial charge in [-0.2, -0.15) is 0 Å². The summed E-state index contributed by atoms with van der Waals surface area (Å²) in [6.07, 6.45) is 0.816. The van der Waals surface area contributed by atoms with E-state index < -0.39 is 0 Å². The molecule has 3 N–H and O–H groups in total. The van der Waals surface area contributed by atoms with Crippen LogP contribution in [0.25, 0.3) is 0 Å². The third-order valence-corrected chi connectivity index (χ3v) is 4.64. The molecule has 2 aromatic rings. The summed E-state index contributed by atoms with van der Waals surface area (Å²) in [4.78, 5) is 16.8. The number of hydrogen-bond acceptors (Lipinski definition) is 3. The van der Waals surface area contributed by atoms with Gasteiger partial charge in [-0.1, -0.05) is 35.9 Å². The molecule has 0 bridgehead atoms. The predicted octanol–water partition coefficient (Wildman–Crippen LogP) is 3.80. The van der Waals surface area contributed by atoms with Crippen LogP contribution in [0.1, 0.15) is 28.4 Å². The van der Waals surface area contributed by atoms with Gasteiger partial charge in [0.25, 0.3) is 5.91 Å². The van der Waals surface area contributed by atoms with Crippen LogP contribution in [0.15, 0.2) is 47.5 Å². The van der Waals surface area contributed by atoms with Gasteiger partial charge in [-0.3, -0.25) is 9.79 Å². The lowest BCUT2D eigenvalue weighted by atomic mass is 10.1. The monoisotopic (exact) mass is 544 g/mol. The number of guanidine groups is 1. The second-order valence-electron chi connectivity index (χ2n) is 6.48. The minimum absolute atomic E-state index is 0. The summed E-state index contributed by atoms with van der Waals surface area (Å²) in [7, 11) is 1.68. The van der Waals surface area contributed by atoms with Gasteiger partial charge in [0.15, 0.2) is 5.96 Å². The van der Waals surface area contributed by atoms with Crippen molar-refractivity contribution in [3.05, 3.63) is 64.2 Å². The molecule has 0 saturated heterocycles. The normalized spacial score (nSPS) is 10.7. The molecule has 0 saturated carbocycles. The fraction of sp³-hybridized carbons (Fsp3) is 0.364. The van der Waals surface area contributed by atoms with Crippen LogP contribution in [0, 0.1) is 6.92 Å².